The molecule has 0 saturated carbocycles. The molecule has 0 aliphatic carbocycles. The van der Waals surface area contributed by atoms with Crippen molar-refractivity contribution in [3.05, 3.63) is 0 Å². The van der Waals surface area contributed by atoms with Crippen molar-refractivity contribution in [2.24, 2.45) is 0 Å². The molecule has 0 spiro atoms. The summed E-state index contributed by atoms with van der Waals surface area (Å²) in [5, 5.41) is 2.99. The van der Waals surface area contributed by atoms with Crippen LogP contribution in [0.3, 0.4) is 0 Å². The molecule has 2 N–H and O–H groups in total. The smallest absolute Gasteiger partial charge is 0.214 e. The number of hydrogen-bond acceptors (Lipinski definition) is 3. The summed E-state index contributed by atoms with van der Waals surface area (Å²) in [5.74, 6) is 0. The molecule has 0 bridgehead atoms. The van der Waals surface area contributed by atoms with Gasteiger partial charge < -0.3 is 5.32 Å². The fourth-order valence-electron chi connectivity index (χ4n) is 2.05. The Balaban J connectivity index is 2.43. The quantitative estimate of drug-likeness (QED) is 0.743. The lowest BCUT2D eigenvalue weighted by molar-refractivity contribution is 0.476. The van der Waals surface area contributed by atoms with E-state index in [2.05, 4.69) is 17.0 Å². The van der Waals surface area contributed by atoms with Crippen LogP contribution in [0, 0.1) is 0 Å². The molecule has 96 valence electrons. The Labute approximate surface area is 99.2 Å². The minimum atomic E-state index is -3.10. The highest BCUT2D eigenvalue weighted by molar-refractivity contribution is 7.90. The maximum atomic E-state index is 12.0. The van der Waals surface area contributed by atoms with E-state index in [9.17, 15) is 8.42 Å². The topological polar surface area (TPSA) is 58.2 Å². The zero-order valence-corrected chi connectivity index (χ0v) is 11.1. The van der Waals surface area contributed by atoms with E-state index < -0.39 is 10.0 Å². The number of nitrogens with one attached hydrogen (secondary N) is 2. The fourth-order valence-corrected chi connectivity index (χ4v) is 3.78. The maximum absolute atomic E-state index is 12.0. The molecule has 0 aromatic carbocycles. The number of hydrogen-bond donors (Lipinski definition) is 2. The first-order chi connectivity index (χ1) is 7.56. The second-order valence-electron chi connectivity index (χ2n) is 4.66. The number of unbranched alkanes of at least 4 members (excludes halogenated alkanes) is 1. The van der Waals surface area contributed by atoms with Crippen molar-refractivity contribution in [2.75, 3.05) is 13.1 Å². The Hall–Kier alpha value is -0.130. The largest absolute Gasteiger partial charge is 0.317 e. The lowest BCUT2D eigenvalue weighted by Crippen LogP contribution is -2.44. The lowest BCUT2D eigenvalue weighted by atomic mass is 10.2. The van der Waals surface area contributed by atoms with E-state index >= 15 is 0 Å². The first-order valence-electron chi connectivity index (χ1n) is 6.28. The van der Waals surface area contributed by atoms with Crippen molar-refractivity contribution in [3.63, 3.8) is 0 Å². The van der Waals surface area contributed by atoms with Gasteiger partial charge in [-0.1, -0.05) is 19.8 Å². The molecule has 0 amide bonds. The molecule has 0 aromatic rings. The Morgan fingerprint density at radius 3 is 2.56 bits per heavy atom. The molecule has 1 rings (SSSR count). The summed E-state index contributed by atoms with van der Waals surface area (Å²) in [5.41, 5.74) is 0. The number of sulfonamides is 1. The first-order valence-corrected chi connectivity index (χ1v) is 7.82. The van der Waals surface area contributed by atoms with Crippen LogP contribution in [-0.4, -0.2) is 32.8 Å². The standard InChI is InChI=1S/C11H24N2O2S/c1-3-4-5-10(2)13-16(14,15)11-6-8-12-9-7-11/h10-13H,3-9H2,1-2H3. The van der Waals surface area contributed by atoms with E-state index in [1.165, 1.54) is 0 Å². The van der Waals surface area contributed by atoms with Gasteiger partial charge in [-0.2, -0.15) is 0 Å². The Morgan fingerprint density at radius 1 is 1.38 bits per heavy atom. The average Bonchev–Trinajstić information content (AvgIpc) is 2.27. The molecular weight excluding hydrogens is 224 g/mol. The molecule has 4 nitrogen and oxygen atoms in total. The van der Waals surface area contributed by atoms with Gasteiger partial charge in [-0.15, -0.1) is 0 Å². The highest BCUT2D eigenvalue weighted by Crippen LogP contribution is 2.13. The minimum Gasteiger partial charge on any atom is -0.317 e. The molecule has 1 heterocycles. The maximum Gasteiger partial charge on any atom is 0.214 e. The van der Waals surface area contributed by atoms with Crippen LogP contribution in [0.15, 0.2) is 0 Å². The van der Waals surface area contributed by atoms with E-state index in [1.807, 2.05) is 6.92 Å². The van der Waals surface area contributed by atoms with E-state index in [-0.39, 0.29) is 11.3 Å². The third-order valence-electron chi connectivity index (χ3n) is 3.08. The van der Waals surface area contributed by atoms with Crippen molar-refractivity contribution in [1.82, 2.24) is 10.0 Å². The van der Waals surface area contributed by atoms with Gasteiger partial charge in [-0.25, -0.2) is 13.1 Å². The van der Waals surface area contributed by atoms with Gasteiger partial charge in [0.05, 0.1) is 5.25 Å². The van der Waals surface area contributed by atoms with Crippen molar-refractivity contribution < 1.29 is 8.42 Å². The zero-order valence-electron chi connectivity index (χ0n) is 10.3. The molecule has 1 atom stereocenters. The van der Waals surface area contributed by atoms with E-state index in [0.29, 0.717) is 0 Å². The Kier molecular flexibility index (Phi) is 5.72. The predicted molar refractivity (Wildman–Crippen MR) is 66.9 cm³/mol. The van der Waals surface area contributed by atoms with Crippen LogP contribution in [0.4, 0.5) is 0 Å². The monoisotopic (exact) mass is 248 g/mol. The van der Waals surface area contributed by atoms with Crippen LogP contribution in [0.25, 0.3) is 0 Å². The highest BCUT2D eigenvalue weighted by atomic mass is 32.2. The van der Waals surface area contributed by atoms with Crippen LogP contribution < -0.4 is 10.0 Å². The van der Waals surface area contributed by atoms with Gasteiger partial charge in [-0.3, -0.25) is 0 Å². The van der Waals surface area contributed by atoms with E-state index in [4.69, 9.17) is 0 Å². The second-order valence-corrected chi connectivity index (χ2v) is 6.65. The van der Waals surface area contributed by atoms with Gasteiger partial charge in [0.1, 0.15) is 0 Å². The molecule has 0 radical (unpaired) electrons. The molecular formula is C11H24N2O2S. The summed E-state index contributed by atoms with van der Waals surface area (Å²) >= 11 is 0. The summed E-state index contributed by atoms with van der Waals surface area (Å²) in [6.45, 7) is 5.70. The van der Waals surface area contributed by atoms with E-state index in [0.717, 1.165) is 45.2 Å². The molecule has 1 aliphatic rings. The minimum absolute atomic E-state index is 0.0693. The van der Waals surface area contributed by atoms with Gasteiger partial charge in [0.2, 0.25) is 10.0 Å². The number of piperidine rings is 1. The van der Waals surface area contributed by atoms with Crippen LogP contribution in [0.1, 0.15) is 46.0 Å². The van der Waals surface area contributed by atoms with Crippen LogP contribution >= 0.6 is 0 Å². The summed E-state index contributed by atoms with van der Waals surface area (Å²) in [6, 6.07) is 0.0693. The molecule has 16 heavy (non-hydrogen) atoms. The second kappa shape index (κ2) is 6.57. The lowest BCUT2D eigenvalue weighted by Gasteiger charge is -2.24. The normalized spacial score (nSPS) is 20.9. The van der Waals surface area contributed by atoms with E-state index in [1.54, 1.807) is 0 Å². The molecule has 5 heteroatoms. The molecule has 1 fully saturated rings. The summed E-state index contributed by atoms with van der Waals surface area (Å²) < 4.78 is 26.8. The predicted octanol–water partition coefficient (Wildman–Crippen LogP) is 1.24. The summed E-state index contributed by atoms with van der Waals surface area (Å²) in [6.07, 6.45) is 4.59. The van der Waals surface area contributed by atoms with Gasteiger partial charge in [0.25, 0.3) is 0 Å². The van der Waals surface area contributed by atoms with Gasteiger partial charge in [-0.05, 0) is 39.3 Å². The SMILES string of the molecule is CCCCC(C)NS(=O)(=O)C1CCNCC1. The third kappa shape index (κ3) is 4.39. The summed E-state index contributed by atoms with van der Waals surface area (Å²) in [7, 11) is -3.10. The molecule has 1 unspecified atom stereocenters. The zero-order chi connectivity index (χ0) is 12.0. The van der Waals surface area contributed by atoms with Crippen molar-refractivity contribution in [2.45, 2.75) is 57.2 Å². The highest BCUT2D eigenvalue weighted by Gasteiger charge is 2.27. The fraction of sp³-hybridized carbons (Fsp3) is 1.00. The van der Waals surface area contributed by atoms with Crippen molar-refractivity contribution in [3.8, 4) is 0 Å². The first kappa shape index (κ1) is 13.9. The van der Waals surface area contributed by atoms with Crippen molar-refractivity contribution >= 4 is 10.0 Å². The van der Waals surface area contributed by atoms with Gasteiger partial charge in [0, 0.05) is 6.04 Å². The Morgan fingerprint density at radius 2 is 2.00 bits per heavy atom. The molecule has 1 saturated heterocycles. The van der Waals surface area contributed by atoms with Crippen LogP contribution in [0.5, 0.6) is 0 Å². The van der Waals surface area contributed by atoms with Gasteiger partial charge >= 0.3 is 0 Å². The average molecular weight is 248 g/mol. The summed E-state index contributed by atoms with van der Waals surface area (Å²) in [4.78, 5) is 0. The Bertz CT molecular complexity index is 284. The molecule has 1 aliphatic heterocycles. The van der Waals surface area contributed by atoms with Crippen LogP contribution in [-0.2, 0) is 10.0 Å². The van der Waals surface area contributed by atoms with Crippen LogP contribution in [0.2, 0.25) is 0 Å². The van der Waals surface area contributed by atoms with Gasteiger partial charge in [0.15, 0.2) is 0 Å². The van der Waals surface area contributed by atoms with Crippen molar-refractivity contribution in [1.29, 1.82) is 0 Å². The number of rotatable bonds is 6. The third-order valence-corrected chi connectivity index (χ3v) is 5.16. The molecule has 0 aromatic heterocycles.